The maximum atomic E-state index is 5.44. The van der Waals surface area contributed by atoms with Crippen molar-refractivity contribution < 1.29 is 4.74 Å². The van der Waals surface area contributed by atoms with Crippen molar-refractivity contribution in [1.29, 1.82) is 0 Å². The van der Waals surface area contributed by atoms with Crippen LogP contribution in [-0.4, -0.2) is 38.3 Å². The first-order chi connectivity index (χ1) is 9.13. The number of pyridine rings is 1. The first kappa shape index (κ1) is 14.3. The highest BCUT2D eigenvalue weighted by Gasteiger charge is 2.23. The third kappa shape index (κ3) is 3.45. The number of methoxy groups -OCH3 is 1. The summed E-state index contributed by atoms with van der Waals surface area (Å²) in [4.78, 5) is 7.14. The van der Waals surface area contributed by atoms with E-state index in [0.717, 1.165) is 31.9 Å². The molecule has 2 heterocycles. The molecule has 1 aliphatic rings. The van der Waals surface area contributed by atoms with Crippen LogP contribution in [0.15, 0.2) is 12.1 Å². The molecule has 1 fully saturated rings. The van der Waals surface area contributed by atoms with Crippen LogP contribution in [0.4, 0.5) is 5.82 Å². The van der Waals surface area contributed by atoms with Gasteiger partial charge >= 0.3 is 0 Å². The molecular weight excluding hydrogens is 238 g/mol. The standard InChI is InChI=1S/C15H25N3O/c1-11(2)14-7-12(9-16-3)8-15(17-14)18-6-5-13(10-18)19-4/h7-8,11,13,16H,5-6,9-10H2,1-4H3. The van der Waals surface area contributed by atoms with Crippen LogP contribution in [0.2, 0.25) is 0 Å². The summed E-state index contributed by atoms with van der Waals surface area (Å²) in [5.41, 5.74) is 2.47. The Morgan fingerprint density at radius 1 is 1.47 bits per heavy atom. The summed E-state index contributed by atoms with van der Waals surface area (Å²) in [6.07, 6.45) is 1.43. The number of hydrogen-bond acceptors (Lipinski definition) is 4. The first-order valence-corrected chi connectivity index (χ1v) is 7.07. The van der Waals surface area contributed by atoms with Crippen LogP contribution in [0, 0.1) is 0 Å². The minimum absolute atomic E-state index is 0.345. The van der Waals surface area contributed by atoms with Gasteiger partial charge in [0, 0.05) is 32.4 Å². The molecule has 0 spiro atoms. The topological polar surface area (TPSA) is 37.4 Å². The van der Waals surface area contributed by atoms with E-state index in [0.29, 0.717) is 12.0 Å². The molecule has 106 valence electrons. The number of hydrogen-bond donors (Lipinski definition) is 1. The SMILES string of the molecule is CNCc1cc(C(C)C)nc(N2CCC(OC)C2)c1. The van der Waals surface area contributed by atoms with Gasteiger partial charge in [-0.05, 0) is 37.1 Å². The lowest BCUT2D eigenvalue weighted by Crippen LogP contribution is -2.24. The fourth-order valence-electron chi connectivity index (χ4n) is 2.49. The van der Waals surface area contributed by atoms with E-state index in [2.05, 4.69) is 36.2 Å². The van der Waals surface area contributed by atoms with Crippen LogP contribution in [-0.2, 0) is 11.3 Å². The molecule has 0 radical (unpaired) electrons. The van der Waals surface area contributed by atoms with E-state index in [-0.39, 0.29) is 0 Å². The highest BCUT2D eigenvalue weighted by Crippen LogP contribution is 2.24. The zero-order valence-electron chi connectivity index (χ0n) is 12.4. The fourth-order valence-corrected chi connectivity index (χ4v) is 2.49. The number of rotatable bonds is 5. The Labute approximate surface area is 116 Å². The van der Waals surface area contributed by atoms with Crippen molar-refractivity contribution in [2.24, 2.45) is 0 Å². The summed E-state index contributed by atoms with van der Waals surface area (Å²) in [5, 5.41) is 3.22. The first-order valence-electron chi connectivity index (χ1n) is 7.07. The smallest absolute Gasteiger partial charge is 0.129 e. The Morgan fingerprint density at radius 3 is 2.84 bits per heavy atom. The van der Waals surface area contributed by atoms with Gasteiger partial charge in [0.15, 0.2) is 0 Å². The molecule has 0 bridgehead atoms. The molecule has 1 unspecified atom stereocenters. The van der Waals surface area contributed by atoms with Crippen LogP contribution in [0.25, 0.3) is 0 Å². The van der Waals surface area contributed by atoms with Gasteiger partial charge in [-0.3, -0.25) is 0 Å². The fraction of sp³-hybridized carbons (Fsp3) is 0.667. The molecule has 0 amide bonds. The number of ether oxygens (including phenoxy) is 1. The van der Waals surface area contributed by atoms with Crippen molar-refractivity contribution in [2.75, 3.05) is 32.1 Å². The summed E-state index contributed by atoms with van der Waals surface area (Å²) in [7, 11) is 3.77. The van der Waals surface area contributed by atoms with Crippen LogP contribution >= 0.6 is 0 Å². The molecule has 1 atom stereocenters. The predicted octanol–water partition coefficient (Wildman–Crippen LogP) is 2.15. The zero-order valence-corrected chi connectivity index (χ0v) is 12.4. The average molecular weight is 263 g/mol. The average Bonchev–Trinajstić information content (AvgIpc) is 2.87. The Hall–Kier alpha value is -1.13. The highest BCUT2D eigenvalue weighted by molar-refractivity contribution is 5.44. The van der Waals surface area contributed by atoms with Crippen molar-refractivity contribution in [3.8, 4) is 0 Å². The summed E-state index contributed by atoms with van der Waals surface area (Å²) in [5.74, 6) is 1.55. The highest BCUT2D eigenvalue weighted by atomic mass is 16.5. The van der Waals surface area contributed by atoms with Crippen LogP contribution in [0.5, 0.6) is 0 Å². The van der Waals surface area contributed by atoms with Crippen molar-refractivity contribution >= 4 is 5.82 Å². The summed E-state index contributed by atoms with van der Waals surface area (Å²) in [6, 6.07) is 4.40. The van der Waals surface area contributed by atoms with Gasteiger partial charge in [0.2, 0.25) is 0 Å². The van der Waals surface area contributed by atoms with E-state index in [1.165, 1.54) is 11.3 Å². The molecule has 0 aromatic carbocycles. The second kappa shape index (κ2) is 6.35. The largest absolute Gasteiger partial charge is 0.380 e. The molecule has 1 aromatic rings. The lowest BCUT2D eigenvalue weighted by atomic mass is 10.1. The quantitative estimate of drug-likeness (QED) is 0.883. The lowest BCUT2D eigenvalue weighted by Gasteiger charge is -2.20. The minimum Gasteiger partial charge on any atom is -0.380 e. The van der Waals surface area contributed by atoms with Crippen LogP contribution in [0.1, 0.15) is 37.4 Å². The molecule has 4 nitrogen and oxygen atoms in total. The van der Waals surface area contributed by atoms with Gasteiger partial charge in [0.1, 0.15) is 5.82 Å². The third-order valence-electron chi connectivity index (χ3n) is 3.67. The molecule has 1 saturated heterocycles. The van der Waals surface area contributed by atoms with Crippen LogP contribution in [0.3, 0.4) is 0 Å². The summed E-state index contributed by atoms with van der Waals surface area (Å²) >= 11 is 0. The van der Waals surface area contributed by atoms with Gasteiger partial charge in [0.25, 0.3) is 0 Å². The summed E-state index contributed by atoms with van der Waals surface area (Å²) in [6.45, 7) is 7.25. The normalized spacial score (nSPS) is 19.4. The van der Waals surface area contributed by atoms with E-state index in [1.54, 1.807) is 7.11 Å². The molecule has 1 N–H and O–H groups in total. The van der Waals surface area contributed by atoms with E-state index >= 15 is 0 Å². The van der Waals surface area contributed by atoms with Gasteiger partial charge < -0.3 is 15.0 Å². The number of aromatic nitrogens is 1. The molecule has 4 heteroatoms. The minimum atomic E-state index is 0.345. The number of nitrogens with zero attached hydrogens (tertiary/aromatic N) is 2. The Kier molecular flexibility index (Phi) is 4.77. The van der Waals surface area contributed by atoms with E-state index < -0.39 is 0 Å². The maximum Gasteiger partial charge on any atom is 0.129 e. The third-order valence-corrected chi connectivity index (χ3v) is 3.67. The molecule has 2 rings (SSSR count). The van der Waals surface area contributed by atoms with Crippen molar-refractivity contribution in [2.45, 2.75) is 38.8 Å². The van der Waals surface area contributed by atoms with E-state index in [9.17, 15) is 0 Å². The van der Waals surface area contributed by atoms with E-state index in [1.807, 2.05) is 7.05 Å². The van der Waals surface area contributed by atoms with Crippen molar-refractivity contribution in [1.82, 2.24) is 10.3 Å². The Bertz CT molecular complexity index is 420. The zero-order chi connectivity index (χ0) is 13.8. The van der Waals surface area contributed by atoms with Gasteiger partial charge in [-0.25, -0.2) is 4.98 Å². The summed E-state index contributed by atoms with van der Waals surface area (Å²) < 4.78 is 5.44. The van der Waals surface area contributed by atoms with Gasteiger partial charge in [-0.2, -0.15) is 0 Å². The number of nitrogens with one attached hydrogen (secondary N) is 1. The van der Waals surface area contributed by atoms with E-state index in [4.69, 9.17) is 9.72 Å². The second-order valence-corrected chi connectivity index (χ2v) is 5.54. The molecule has 1 aliphatic heterocycles. The predicted molar refractivity (Wildman–Crippen MR) is 78.7 cm³/mol. The van der Waals surface area contributed by atoms with Crippen molar-refractivity contribution in [3.63, 3.8) is 0 Å². The molecular formula is C15H25N3O. The Morgan fingerprint density at radius 2 is 2.26 bits per heavy atom. The monoisotopic (exact) mass is 263 g/mol. The molecule has 19 heavy (non-hydrogen) atoms. The molecule has 1 aromatic heterocycles. The molecule has 0 saturated carbocycles. The second-order valence-electron chi connectivity index (χ2n) is 5.54. The Balaban J connectivity index is 2.23. The van der Waals surface area contributed by atoms with Gasteiger partial charge in [0.05, 0.1) is 6.10 Å². The number of anilines is 1. The van der Waals surface area contributed by atoms with Gasteiger partial charge in [-0.15, -0.1) is 0 Å². The van der Waals surface area contributed by atoms with Crippen molar-refractivity contribution in [3.05, 3.63) is 23.4 Å². The maximum absolute atomic E-state index is 5.44. The molecule has 0 aliphatic carbocycles. The van der Waals surface area contributed by atoms with Crippen LogP contribution < -0.4 is 10.2 Å². The van der Waals surface area contributed by atoms with Gasteiger partial charge in [-0.1, -0.05) is 13.8 Å². The lowest BCUT2D eigenvalue weighted by molar-refractivity contribution is 0.121.